The fourth-order valence-corrected chi connectivity index (χ4v) is 2.35. The molecule has 0 aliphatic heterocycles. The zero-order valence-electron chi connectivity index (χ0n) is 16.5. The van der Waals surface area contributed by atoms with E-state index >= 15 is 0 Å². The Morgan fingerprint density at radius 2 is 1.30 bits per heavy atom. The minimum Gasteiger partial charge on any atom is -0.481 e. The number of primary amides is 1. The molecule has 0 aromatic rings. The van der Waals surface area contributed by atoms with Crippen LogP contribution in [0, 0.1) is 5.92 Å². The zero-order valence-corrected chi connectivity index (χ0v) is 17.3. The van der Waals surface area contributed by atoms with Gasteiger partial charge in [-0.15, -0.1) is 0 Å². The first kappa shape index (κ1) is 27.1. The van der Waals surface area contributed by atoms with Crippen molar-refractivity contribution in [2.75, 3.05) is 5.75 Å². The summed E-state index contributed by atoms with van der Waals surface area (Å²) >= 11 is 3.90. The van der Waals surface area contributed by atoms with Gasteiger partial charge < -0.3 is 37.6 Å². The van der Waals surface area contributed by atoms with E-state index in [2.05, 4.69) is 23.3 Å². The molecule has 4 unspecified atom stereocenters. The van der Waals surface area contributed by atoms with Gasteiger partial charge in [-0.05, 0) is 5.92 Å². The van der Waals surface area contributed by atoms with Crippen LogP contribution in [0.3, 0.4) is 0 Å². The van der Waals surface area contributed by atoms with E-state index in [1.807, 2.05) is 5.32 Å². The summed E-state index contributed by atoms with van der Waals surface area (Å²) in [5.41, 5.74) is 10.8. The highest BCUT2D eigenvalue weighted by Crippen LogP contribution is 2.02. The highest BCUT2D eigenvalue weighted by Gasteiger charge is 2.31. The van der Waals surface area contributed by atoms with Crippen molar-refractivity contribution in [3.63, 3.8) is 0 Å². The van der Waals surface area contributed by atoms with E-state index in [4.69, 9.17) is 21.7 Å². The highest BCUT2D eigenvalue weighted by molar-refractivity contribution is 7.80. The quantitative estimate of drug-likeness (QED) is 0.132. The van der Waals surface area contributed by atoms with E-state index < -0.39 is 72.6 Å². The molecule has 170 valence electrons. The maximum absolute atomic E-state index is 12.5. The van der Waals surface area contributed by atoms with Crippen LogP contribution in [0.15, 0.2) is 0 Å². The number of rotatable bonds is 13. The Labute approximate surface area is 177 Å². The lowest BCUT2D eigenvalue weighted by Crippen LogP contribution is -2.58. The largest absolute Gasteiger partial charge is 0.481 e. The van der Waals surface area contributed by atoms with Gasteiger partial charge in [-0.25, -0.2) is 4.79 Å². The molecule has 0 radical (unpaired) electrons. The summed E-state index contributed by atoms with van der Waals surface area (Å²) in [6.07, 6.45) is -1.47. The van der Waals surface area contributed by atoms with Gasteiger partial charge in [0.15, 0.2) is 0 Å². The van der Waals surface area contributed by atoms with Crippen molar-refractivity contribution in [2.24, 2.45) is 17.4 Å². The van der Waals surface area contributed by atoms with E-state index in [1.165, 1.54) is 0 Å². The first-order valence-corrected chi connectivity index (χ1v) is 9.43. The molecule has 0 aromatic heterocycles. The fraction of sp³-hybridized carbons (Fsp3) is 0.625. The molecule has 13 nitrogen and oxygen atoms in total. The molecule has 30 heavy (non-hydrogen) atoms. The van der Waals surface area contributed by atoms with Crippen LogP contribution < -0.4 is 27.4 Å². The van der Waals surface area contributed by atoms with E-state index in [9.17, 15) is 28.8 Å². The predicted octanol–water partition coefficient (Wildman–Crippen LogP) is -3.21. The second kappa shape index (κ2) is 12.6. The Bertz CT molecular complexity index is 687. The van der Waals surface area contributed by atoms with Gasteiger partial charge in [0.2, 0.25) is 23.6 Å². The molecule has 0 saturated carbocycles. The SMILES string of the molecule is CC(C)C(N)C(=O)NC(CC(N)=O)C(=O)NC(CS)C(=O)NC(CC(=O)O)C(=O)O. The molecule has 0 aromatic carbocycles. The van der Waals surface area contributed by atoms with Crippen LogP contribution in [0.5, 0.6) is 0 Å². The number of carboxylic acid groups (broad SMARTS) is 2. The number of nitrogens with two attached hydrogens (primary N) is 2. The number of aliphatic carboxylic acids is 2. The van der Waals surface area contributed by atoms with E-state index in [1.54, 1.807) is 13.8 Å². The maximum Gasteiger partial charge on any atom is 0.326 e. The first-order valence-electron chi connectivity index (χ1n) is 8.80. The van der Waals surface area contributed by atoms with Crippen LogP contribution in [0.25, 0.3) is 0 Å². The molecular formula is C16H27N5O8S. The van der Waals surface area contributed by atoms with E-state index in [0.717, 1.165) is 0 Å². The molecule has 9 N–H and O–H groups in total. The number of thiol groups is 1. The average molecular weight is 449 g/mol. The van der Waals surface area contributed by atoms with Gasteiger partial charge >= 0.3 is 11.9 Å². The molecule has 0 aliphatic rings. The summed E-state index contributed by atoms with van der Waals surface area (Å²) in [7, 11) is 0. The molecule has 0 rings (SSSR count). The third-order valence-corrected chi connectivity index (χ3v) is 4.23. The molecule has 0 bridgehead atoms. The number of carbonyl (C=O) groups is 6. The van der Waals surface area contributed by atoms with Crippen molar-refractivity contribution >= 4 is 48.2 Å². The number of carboxylic acids is 2. The van der Waals surface area contributed by atoms with Crippen LogP contribution in [0.2, 0.25) is 0 Å². The summed E-state index contributed by atoms with van der Waals surface area (Å²) in [6, 6.07) is -5.53. The van der Waals surface area contributed by atoms with Crippen LogP contribution in [-0.4, -0.2) is 75.7 Å². The van der Waals surface area contributed by atoms with Gasteiger partial charge in [-0.3, -0.25) is 24.0 Å². The Balaban J connectivity index is 5.29. The van der Waals surface area contributed by atoms with Gasteiger partial charge in [0.25, 0.3) is 0 Å². The lowest BCUT2D eigenvalue weighted by molar-refractivity contribution is -0.147. The van der Waals surface area contributed by atoms with Crippen molar-refractivity contribution in [3.05, 3.63) is 0 Å². The minimum atomic E-state index is -1.74. The fourth-order valence-electron chi connectivity index (χ4n) is 2.09. The third-order valence-electron chi connectivity index (χ3n) is 3.87. The van der Waals surface area contributed by atoms with Crippen LogP contribution in [0.4, 0.5) is 0 Å². The second-order valence-corrected chi connectivity index (χ2v) is 7.11. The topological polar surface area (TPSA) is 231 Å². The monoisotopic (exact) mass is 449 g/mol. The molecule has 0 aliphatic carbocycles. The van der Waals surface area contributed by atoms with Crippen molar-refractivity contribution in [3.8, 4) is 0 Å². The standard InChI is InChI=1S/C16H27N5O8S/c1-6(2)12(18)15(27)19-7(3-10(17)22)13(25)21-9(5-30)14(26)20-8(16(28)29)4-11(23)24/h6-9,12,30H,3-5,18H2,1-2H3,(H2,17,22)(H,19,27)(H,20,26)(H,21,25)(H,23,24)(H,28,29). The number of carbonyl (C=O) groups excluding carboxylic acids is 4. The molecule has 14 heteroatoms. The number of hydrogen-bond acceptors (Lipinski definition) is 8. The normalized spacial score (nSPS) is 14.7. The average Bonchev–Trinajstić information content (AvgIpc) is 2.62. The van der Waals surface area contributed by atoms with Crippen LogP contribution >= 0.6 is 12.6 Å². The lowest BCUT2D eigenvalue weighted by atomic mass is 10.0. The van der Waals surface area contributed by atoms with Gasteiger partial charge in [0.1, 0.15) is 18.1 Å². The minimum absolute atomic E-state index is 0.263. The number of nitrogens with one attached hydrogen (secondary N) is 3. The van der Waals surface area contributed by atoms with Gasteiger partial charge in [-0.2, -0.15) is 12.6 Å². The highest BCUT2D eigenvalue weighted by atomic mass is 32.1. The van der Waals surface area contributed by atoms with Crippen molar-refractivity contribution in [2.45, 2.75) is 50.9 Å². The van der Waals surface area contributed by atoms with Gasteiger partial charge in [-0.1, -0.05) is 13.8 Å². The Hall–Kier alpha value is -2.87. The summed E-state index contributed by atoms with van der Waals surface area (Å²) < 4.78 is 0. The van der Waals surface area contributed by atoms with E-state index in [0.29, 0.717) is 0 Å². The Morgan fingerprint density at radius 3 is 1.70 bits per heavy atom. The lowest BCUT2D eigenvalue weighted by Gasteiger charge is -2.24. The van der Waals surface area contributed by atoms with Crippen molar-refractivity contribution in [1.29, 1.82) is 0 Å². The Morgan fingerprint density at radius 1 is 0.833 bits per heavy atom. The molecule has 0 spiro atoms. The van der Waals surface area contributed by atoms with Gasteiger partial charge in [0, 0.05) is 5.75 Å². The molecule has 0 saturated heterocycles. The summed E-state index contributed by atoms with van der Waals surface area (Å²) in [6.45, 7) is 3.34. The summed E-state index contributed by atoms with van der Waals surface area (Å²) in [4.78, 5) is 69.9. The van der Waals surface area contributed by atoms with Crippen LogP contribution in [0.1, 0.15) is 26.7 Å². The van der Waals surface area contributed by atoms with Crippen molar-refractivity contribution in [1.82, 2.24) is 16.0 Å². The van der Waals surface area contributed by atoms with Crippen LogP contribution in [-0.2, 0) is 28.8 Å². The molecular weight excluding hydrogens is 422 g/mol. The smallest absolute Gasteiger partial charge is 0.326 e. The van der Waals surface area contributed by atoms with E-state index in [-0.39, 0.29) is 11.7 Å². The summed E-state index contributed by atoms with van der Waals surface area (Å²) in [5.74, 6) is -7.21. The first-order chi connectivity index (χ1) is 13.8. The maximum atomic E-state index is 12.5. The number of hydrogen-bond donors (Lipinski definition) is 8. The molecule has 4 amide bonds. The predicted molar refractivity (Wildman–Crippen MR) is 106 cm³/mol. The Kier molecular flexibility index (Phi) is 11.4. The zero-order chi connectivity index (χ0) is 23.6. The third kappa shape index (κ3) is 9.56. The second-order valence-electron chi connectivity index (χ2n) is 6.74. The summed E-state index contributed by atoms with van der Waals surface area (Å²) in [5, 5.41) is 24.2. The molecule has 4 atom stereocenters. The molecule has 0 heterocycles. The van der Waals surface area contributed by atoms with Gasteiger partial charge in [0.05, 0.1) is 18.9 Å². The van der Waals surface area contributed by atoms with Crippen molar-refractivity contribution < 1.29 is 39.0 Å². The number of amides is 4. The molecule has 0 fully saturated rings.